The molecule has 0 fully saturated rings. The van der Waals surface area contributed by atoms with Crippen LogP contribution in [0.5, 0.6) is 0 Å². The van der Waals surface area contributed by atoms with Crippen LogP contribution < -0.4 is 0 Å². The van der Waals surface area contributed by atoms with Crippen LogP contribution in [0.3, 0.4) is 0 Å². The lowest BCUT2D eigenvalue weighted by molar-refractivity contribution is 1.13. The average Bonchev–Trinajstić information content (AvgIpc) is 4.13. The maximum absolute atomic E-state index is 2.44. The first kappa shape index (κ1) is 42.2. The van der Waals surface area contributed by atoms with E-state index in [1.54, 1.807) is 0 Å². The van der Waals surface area contributed by atoms with Gasteiger partial charge in [0.05, 0.1) is 33.5 Å². The van der Waals surface area contributed by atoms with Crippen LogP contribution in [0, 0.1) is 0 Å². The van der Waals surface area contributed by atoms with Crippen LogP contribution in [0.25, 0.3) is 128 Å². The van der Waals surface area contributed by atoms with Crippen molar-refractivity contribution in [1.29, 1.82) is 0 Å². The van der Waals surface area contributed by atoms with Crippen molar-refractivity contribution >= 4 is 43.6 Å². The van der Waals surface area contributed by atoms with Crippen LogP contribution in [0.1, 0.15) is 0 Å². The third kappa shape index (κ3) is 7.13. The van der Waals surface area contributed by atoms with E-state index in [2.05, 4.69) is 299 Å². The van der Waals surface area contributed by atoms with Crippen molar-refractivity contribution < 1.29 is 0 Å². The van der Waals surface area contributed by atoms with Gasteiger partial charge in [-0.25, -0.2) is 0 Å². The Labute approximate surface area is 424 Å². The van der Waals surface area contributed by atoms with Gasteiger partial charge in [0.15, 0.2) is 0 Å². The molecule has 14 aromatic rings. The number of para-hydroxylation sites is 4. The Morgan fingerprint density at radius 3 is 0.918 bits per heavy atom. The number of hydrogen-bond donors (Lipinski definition) is 0. The first-order valence-corrected chi connectivity index (χ1v) is 25.1. The van der Waals surface area contributed by atoms with Gasteiger partial charge >= 0.3 is 0 Å². The van der Waals surface area contributed by atoms with E-state index in [1.165, 1.54) is 111 Å². The summed E-state index contributed by atoms with van der Waals surface area (Å²) in [6, 6.07) is 104. The van der Waals surface area contributed by atoms with E-state index in [9.17, 15) is 0 Å². The van der Waals surface area contributed by atoms with Crippen LogP contribution in [0.4, 0.5) is 0 Å². The Kier molecular flexibility index (Phi) is 10.2. The Morgan fingerprint density at radius 1 is 0.178 bits per heavy atom. The highest BCUT2D eigenvalue weighted by molar-refractivity contribution is 6.12. The molecule has 0 aliphatic carbocycles. The topological polar surface area (TPSA) is 14.8 Å². The van der Waals surface area contributed by atoms with Gasteiger partial charge in [0.25, 0.3) is 0 Å². The van der Waals surface area contributed by atoms with E-state index in [0.29, 0.717) is 0 Å². The molecule has 0 aliphatic heterocycles. The number of aromatic nitrogens is 3. The second kappa shape index (κ2) is 17.6. The Hall–Kier alpha value is -9.70. The molecule has 3 nitrogen and oxygen atoms in total. The van der Waals surface area contributed by atoms with Crippen molar-refractivity contribution in [3.63, 3.8) is 0 Å². The molecule has 11 aromatic carbocycles. The fourth-order valence-electron chi connectivity index (χ4n) is 11.4. The molecule has 0 aliphatic rings. The molecule has 0 spiro atoms. The maximum atomic E-state index is 2.44. The van der Waals surface area contributed by atoms with E-state index in [1.807, 2.05) is 0 Å². The Balaban J connectivity index is 0.907. The van der Waals surface area contributed by atoms with Gasteiger partial charge in [-0.1, -0.05) is 212 Å². The monoisotopic (exact) mass is 929 g/mol. The van der Waals surface area contributed by atoms with Gasteiger partial charge in [-0.2, -0.15) is 0 Å². The summed E-state index contributed by atoms with van der Waals surface area (Å²) in [6.07, 6.45) is 0. The van der Waals surface area contributed by atoms with Gasteiger partial charge in [0.1, 0.15) is 0 Å². The van der Waals surface area contributed by atoms with Crippen molar-refractivity contribution in [3.8, 4) is 84.1 Å². The molecule has 3 aromatic heterocycles. The lowest BCUT2D eigenvalue weighted by Crippen LogP contribution is -1.97. The summed E-state index contributed by atoms with van der Waals surface area (Å²) in [7, 11) is 0. The highest BCUT2D eigenvalue weighted by Crippen LogP contribution is 2.46. The molecule has 0 saturated carbocycles. The molecule has 0 amide bonds. The van der Waals surface area contributed by atoms with Gasteiger partial charge in [-0.3, -0.25) is 0 Å². The first-order valence-electron chi connectivity index (χ1n) is 25.1. The van der Waals surface area contributed by atoms with Gasteiger partial charge in [-0.15, -0.1) is 0 Å². The van der Waals surface area contributed by atoms with E-state index in [0.717, 1.165) is 17.1 Å². The summed E-state index contributed by atoms with van der Waals surface area (Å²) >= 11 is 0. The number of benzene rings is 11. The van der Waals surface area contributed by atoms with Crippen molar-refractivity contribution in [2.75, 3.05) is 0 Å². The number of rotatable bonds is 9. The zero-order valence-electron chi connectivity index (χ0n) is 40.0. The average molecular weight is 930 g/mol. The molecule has 0 unspecified atom stereocenters. The van der Waals surface area contributed by atoms with E-state index < -0.39 is 0 Å². The molecular weight excluding hydrogens is 883 g/mol. The normalized spacial score (nSPS) is 11.6. The number of nitrogens with zero attached hydrogens (tertiary/aromatic N) is 3. The lowest BCUT2D eigenvalue weighted by atomic mass is 9.95. The minimum Gasteiger partial charge on any atom is -0.309 e. The van der Waals surface area contributed by atoms with E-state index in [-0.39, 0.29) is 0 Å². The van der Waals surface area contributed by atoms with Crippen molar-refractivity contribution in [3.05, 3.63) is 285 Å². The summed E-state index contributed by atoms with van der Waals surface area (Å²) in [5.74, 6) is 0. The first-order chi connectivity index (χ1) is 36.2. The van der Waals surface area contributed by atoms with Crippen molar-refractivity contribution in [2.45, 2.75) is 0 Å². The number of hydrogen-bond acceptors (Lipinski definition) is 0. The molecule has 0 N–H and O–H groups in total. The molecule has 14 rings (SSSR count). The predicted octanol–water partition coefficient (Wildman–Crippen LogP) is 18.7. The molecule has 0 saturated heterocycles. The SMILES string of the molecule is c1ccc(-c2ccc3c(c2)c2cc(-c4ccc(-c5c(-c6ccccc6)n(-c6ccccc6)c6ccccc56)cc4)ccc2n3-c2ccc(-c3c(-c4ccccc4)n(-c4ccccc4)c4ccccc34)cc2)cc1. The maximum Gasteiger partial charge on any atom is 0.0619 e. The standard InChI is InChI=1S/C70H47N3/c1-6-20-48(21-7-1)54-40-44-65-61(46-54)62-47-55(49-34-36-50(37-35-49)67-59-30-16-18-32-63(59)72(56-26-12-4-13-27-56)69(67)52-22-8-2-9-23-52)41-45-66(62)71(65)58-42-38-51(39-43-58)68-60-31-17-19-33-64(60)73(57-28-14-5-15-29-57)70(68)53-24-10-3-11-25-53/h1-47H. The molecule has 3 heterocycles. The molecule has 73 heavy (non-hydrogen) atoms. The summed E-state index contributed by atoms with van der Waals surface area (Å²) < 4.78 is 7.28. The van der Waals surface area contributed by atoms with Crippen LogP contribution >= 0.6 is 0 Å². The van der Waals surface area contributed by atoms with Gasteiger partial charge in [0.2, 0.25) is 0 Å². The van der Waals surface area contributed by atoms with Crippen LogP contribution in [-0.4, -0.2) is 13.7 Å². The van der Waals surface area contributed by atoms with Crippen LogP contribution in [-0.2, 0) is 0 Å². The minimum atomic E-state index is 1.12. The zero-order valence-corrected chi connectivity index (χ0v) is 40.0. The van der Waals surface area contributed by atoms with Crippen LogP contribution in [0.15, 0.2) is 285 Å². The molecule has 0 radical (unpaired) electrons. The van der Waals surface area contributed by atoms with Crippen LogP contribution in [0.2, 0.25) is 0 Å². The summed E-state index contributed by atoms with van der Waals surface area (Å²) in [5, 5.41) is 4.88. The summed E-state index contributed by atoms with van der Waals surface area (Å²) in [5.41, 5.74) is 22.4. The van der Waals surface area contributed by atoms with Crippen molar-refractivity contribution in [1.82, 2.24) is 13.7 Å². The third-order valence-electron chi connectivity index (χ3n) is 14.7. The van der Waals surface area contributed by atoms with Crippen molar-refractivity contribution in [2.24, 2.45) is 0 Å². The highest BCUT2D eigenvalue weighted by Gasteiger charge is 2.24. The summed E-state index contributed by atoms with van der Waals surface area (Å²) in [6.45, 7) is 0. The zero-order chi connectivity index (χ0) is 48.2. The number of fused-ring (bicyclic) bond motifs is 5. The second-order valence-corrected chi connectivity index (χ2v) is 18.8. The Morgan fingerprint density at radius 2 is 0.479 bits per heavy atom. The van der Waals surface area contributed by atoms with Gasteiger partial charge in [0, 0.05) is 49.7 Å². The largest absolute Gasteiger partial charge is 0.309 e. The third-order valence-corrected chi connectivity index (χ3v) is 14.7. The second-order valence-electron chi connectivity index (χ2n) is 18.8. The van der Waals surface area contributed by atoms with Gasteiger partial charge < -0.3 is 13.7 Å². The molecule has 0 bridgehead atoms. The quantitative estimate of drug-likeness (QED) is 0.137. The fourth-order valence-corrected chi connectivity index (χ4v) is 11.4. The fraction of sp³-hybridized carbons (Fsp3) is 0. The molecule has 3 heteroatoms. The van der Waals surface area contributed by atoms with E-state index in [4.69, 9.17) is 0 Å². The Bertz CT molecular complexity index is 4300. The van der Waals surface area contributed by atoms with Gasteiger partial charge in [-0.05, 0) is 117 Å². The smallest absolute Gasteiger partial charge is 0.0619 e. The lowest BCUT2D eigenvalue weighted by Gasteiger charge is -2.14. The highest BCUT2D eigenvalue weighted by atomic mass is 15.0. The molecule has 0 atom stereocenters. The molecular formula is C70H47N3. The van der Waals surface area contributed by atoms with E-state index >= 15 is 0 Å². The molecule has 342 valence electrons. The summed E-state index contributed by atoms with van der Waals surface area (Å²) in [4.78, 5) is 0. The minimum absolute atomic E-state index is 1.12. The predicted molar refractivity (Wildman–Crippen MR) is 307 cm³/mol.